The standard InChI is InChI=1S/C32H35FN6O/c1-3-21-7-4-8-22-9-5-11-25(28(21)22)26-12-13-27-30(29(26)33)36-32(40-20-24-10-6-17-38(24)2)37-31(27)39-18-16-35-23(19-39)14-15-34/h4-5,7-9,11-13,23-24,35H,3,6,10,14,16-20H2,1-2H3/t23-,24-/m0/s1. The Labute approximate surface area is 234 Å². The third-order valence-electron chi connectivity index (χ3n) is 8.40. The fourth-order valence-corrected chi connectivity index (χ4v) is 6.20. The van der Waals surface area contributed by atoms with Gasteiger partial charge in [0.25, 0.3) is 0 Å². The summed E-state index contributed by atoms with van der Waals surface area (Å²) >= 11 is 0. The smallest absolute Gasteiger partial charge is 0.319 e. The molecule has 3 heterocycles. The number of benzene rings is 3. The Balaban J connectivity index is 1.48. The molecule has 0 aliphatic carbocycles. The first-order valence-corrected chi connectivity index (χ1v) is 14.3. The first-order valence-electron chi connectivity index (χ1n) is 14.3. The van der Waals surface area contributed by atoms with Gasteiger partial charge < -0.3 is 19.9 Å². The summed E-state index contributed by atoms with van der Waals surface area (Å²) in [5.41, 5.74) is 2.83. The van der Waals surface area contributed by atoms with E-state index in [0.717, 1.165) is 48.7 Å². The minimum Gasteiger partial charge on any atom is -0.462 e. The van der Waals surface area contributed by atoms with Gasteiger partial charge in [-0.15, -0.1) is 0 Å². The molecule has 2 atom stereocenters. The highest BCUT2D eigenvalue weighted by Crippen LogP contribution is 2.38. The van der Waals surface area contributed by atoms with Gasteiger partial charge in [0.15, 0.2) is 5.82 Å². The monoisotopic (exact) mass is 538 g/mol. The number of fused-ring (bicyclic) bond motifs is 2. The van der Waals surface area contributed by atoms with E-state index in [1.807, 2.05) is 24.3 Å². The molecule has 0 bridgehead atoms. The summed E-state index contributed by atoms with van der Waals surface area (Å²) in [4.78, 5) is 13.9. The SMILES string of the molecule is CCc1cccc2cccc(-c3ccc4c(N5CCN[C@@H](CC#N)C5)nc(OC[C@@H]5CCCN5C)nc4c3F)c12. The summed E-state index contributed by atoms with van der Waals surface area (Å²) in [6.07, 6.45) is 3.45. The fraction of sp³-hybridized carbons (Fsp3) is 0.406. The first-order chi connectivity index (χ1) is 19.6. The molecule has 0 unspecified atom stereocenters. The molecule has 2 saturated heterocycles. The third kappa shape index (κ3) is 4.96. The Hall–Kier alpha value is -3.80. The minimum absolute atomic E-state index is 0.0209. The van der Waals surface area contributed by atoms with Crippen LogP contribution in [0.4, 0.5) is 10.2 Å². The lowest BCUT2D eigenvalue weighted by molar-refractivity contribution is 0.188. The fourth-order valence-electron chi connectivity index (χ4n) is 6.20. The normalized spacial score (nSPS) is 19.8. The summed E-state index contributed by atoms with van der Waals surface area (Å²) in [6, 6.07) is 18.8. The van der Waals surface area contributed by atoms with Crippen molar-refractivity contribution < 1.29 is 9.13 Å². The van der Waals surface area contributed by atoms with Gasteiger partial charge in [-0.25, -0.2) is 4.39 Å². The van der Waals surface area contributed by atoms with Crippen molar-refractivity contribution in [1.82, 2.24) is 20.2 Å². The molecule has 40 heavy (non-hydrogen) atoms. The van der Waals surface area contributed by atoms with E-state index in [-0.39, 0.29) is 23.4 Å². The number of likely N-dealkylation sites (N-methyl/N-ethyl adjacent to an activating group) is 1. The zero-order chi connectivity index (χ0) is 27.6. The van der Waals surface area contributed by atoms with Crippen molar-refractivity contribution in [2.75, 3.05) is 44.7 Å². The van der Waals surface area contributed by atoms with E-state index in [1.54, 1.807) is 0 Å². The first kappa shape index (κ1) is 26.4. The number of hydrogen-bond acceptors (Lipinski definition) is 7. The van der Waals surface area contributed by atoms with Crippen LogP contribution in [0.3, 0.4) is 0 Å². The number of halogens is 1. The number of aryl methyl sites for hydroxylation is 1. The number of rotatable bonds is 7. The van der Waals surface area contributed by atoms with Gasteiger partial charge in [0.1, 0.15) is 17.9 Å². The van der Waals surface area contributed by atoms with Crippen molar-refractivity contribution in [2.45, 2.75) is 44.7 Å². The van der Waals surface area contributed by atoms with Crippen molar-refractivity contribution in [3.8, 4) is 23.2 Å². The van der Waals surface area contributed by atoms with Gasteiger partial charge in [-0.1, -0.05) is 49.4 Å². The number of nitrogens with zero attached hydrogens (tertiary/aromatic N) is 5. The number of anilines is 1. The average Bonchev–Trinajstić information content (AvgIpc) is 3.40. The van der Waals surface area contributed by atoms with Crippen LogP contribution in [-0.2, 0) is 6.42 Å². The molecule has 2 fully saturated rings. The van der Waals surface area contributed by atoms with Crippen LogP contribution in [0.15, 0.2) is 48.5 Å². The average molecular weight is 539 g/mol. The van der Waals surface area contributed by atoms with Gasteiger partial charge in [-0.3, -0.25) is 0 Å². The lowest BCUT2D eigenvalue weighted by Gasteiger charge is -2.34. The summed E-state index contributed by atoms with van der Waals surface area (Å²) in [5.74, 6) is 0.285. The van der Waals surface area contributed by atoms with Crippen molar-refractivity contribution in [2.24, 2.45) is 0 Å². The maximum atomic E-state index is 16.6. The zero-order valence-corrected chi connectivity index (χ0v) is 23.2. The number of nitriles is 1. The molecule has 206 valence electrons. The van der Waals surface area contributed by atoms with Gasteiger partial charge in [0, 0.05) is 42.7 Å². The van der Waals surface area contributed by atoms with Crippen LogP contribution in [0.1, 0.15) is 31.7 Å². The van der Waals surface area contributed by atoms with E-state index in [9.17, 15) is 5.26 Å². The molecule has 2 aliphatic heterocycles. The Bertz CT molecular complexity index is 1580. The number of nitrogens with one attached hydrogen (secondary N) is 1. The summed E-state index contributed by atoms with van der Waals surface area (Å²) in [5, 5.41) is 15.5. The molecule has 1 N–H and O–H groups in total. The molecule has 2 aliphatic rings. The molecule has 3 aromatic carbocycles. The van der Waals surface area contributed by atoms with E-state index in [2.05, 4.69) is 64.4 Å². The van der Waals surface area contributed by atoms with E-state index in [1.165, 1.54) is 5.56 Å². The number of hydrogen-bond donors (Lipinski definition) is 1. The molecule has 1 aromatic heterocycles. The van der Waals surface area contributed by atoms with Crippen molar-refractivity contribution in [3.63, 3.8) is 0 Å². The summed E-state index contributed by atoms with van der Waals surface area (Å²) in [6.45, 7) is 5.66. The van der Waals surface area contributed by atoms with E-state index < -0.39 is 0 Å². The Morgan fingerprint density at radius 1 is 1.10 bits per heavy atom. The quantitative estimate of drug-likeness (QED) is 0.341. The Morgan fingerprint density at radius 2 is 1.95 bits per heavy atom. The zero-order valence-electron chi connectivity index (χ0n) is 23.2. The maximum absolute atomic E-state index is 16.6. The lowest BCUT2D eigenvalue weighted by Crippen LogP contribution is -2.51. The molecule has 0 spiro atoms. The van der Waals surface area contributed by atoms with E-state index in [4.69, 9.17) is 9.72 Å². The van der Waals surface area contributed by atoms with Gasteiger partial charge in [0.05, 0.1) is 12.5 Å². The minimum atomic E-state index is -0.369. The van der Waals surface area contributed by atoms with Gasteiger partial charge >= 0.3 is 6.01 Å². The lowest BCUT2D eigenvalue weighted by atomic mass is 9.93. The highest BCUT2D eigenvalue weighted by Gasteiger charge is 2.26. The molecular formula is C32H35FN6O. The van der Waals surface area contributed by atoms with Crippen LogP contribution >= 0.6 is 0 Å². The molecule has 0 radical (unpaired) electrons. The van der Waals surface area contributed by atoms with E-state index >= 15 is 4.39 Å². The van der Waals surface area contributed by atoms with E-state index in [0.29, 0.717) is 48.9 Å². The van der Waals surface area contributed by atoms with Crippen LogP contribution in [0.2, 0.25) is 0 Å². The van der Waals surface area contributed by atoms with Crippen LogP contribution in [0.25, 0.3) is 32.8 Å². The largest absolute Gasteiger partial charge is 0.462 e. The topological polar surface area (TPSA) is 77.3 Å². The second-order valence-electron chi connectivity index (χ2n) is 10.9. The van der Waals surface area contributed by atoms with Crippen molar-refractivity contribution >= 4 is 27.5 Å². The van der Waals surface area contributed by atoms with Gasteiger partial charge in [0.2, 0.25) is 0 Å². The Kier molecular flexibility index (Phi) is 7.50. The number of ether oxygens (including phenoxy) is 1. The number of likely N-dealkylation sites (tertiary alicyclic amines) is 1. The predicted molar refractivity (Wildman–Crippen MR) is 157 cm³/mol. The number of piperazine rings is 1. The van der Waals surface area contributed by atoms with Crippen LogP contribution < -0.4 is 15.0 Å². The predicted octanol–water partition coefficient (Wildman–Crippen LogP) is 5.32. The molecule has 6 rings (SSSR count). The molecule has 0 saturated carbocycles. The highest BCUT2D eigenvalue weighted by atomic mass is 19.1. The van der Waals surface area contributed by atoms with Gasteiger partial charge in [-0.2, -0.15) is 15.2 Å². The maximum Gasteiger partial charge on any atom is 0.319 e. The second-order valence-corrected chi connectivity index (χ2v) is 10.9. The van der Waals surface area contributed by atoms with Crippen molar-refractivity contribution in [1.29, 1.82) is 5.26 Å². The van der Waals surface area contributed by atoms with Crippen molar-refractivity contribution in [3.05, 3.63) is 59.9 Å². The Morgan fingerprint density at radius 3 is 2.73 bits per heavy atom. The molecule has 8 heteroatoms. The molecule has 4 aromatic rings. The third-order valence-corrected chi connectivity index (χ3v) is 8.40. The van der Waals surface area contributed by atoms with Crippen LogP contribution in [-0.4, -0.2) is 66.8 Å². The molecule has 7 nitrogen and oxygen atoms in total. The molecular weight excluding hydrogens is 503 g/mol. The summed E-state index contributed by atoms with van der Waals surface area (Å²) < 4.78 is 22.8. The van der Waals surface area contributed by atoms with Crippen LogP contribution in [0, 0.1) is 17.1 Å². The van der Waals surface area contributed by atoms with Crippen LogP contribution in [0.5, 0.6) is 6.01 Å². The summed E-state index contributed by atoms with van der Waals surface area (Å²) in [7, 11) is 2.10. The number of aromatic nitrogens is 2. The highest BCUT2D eigenvalue weighted by molar-refractivity contribution is 6.02. The van der Waals surface area contributed by atoms with Gasteiger partial charge in [-0.05, 0) is 60.8 Å². The second kappa shape index (κ2) is 11.4. The molecule has 0 amide bonds.